The molecule has 0 unspecified atom stereocenters. The van der Waals surface area contributed by atoms with Crippen LogP contribution in [-0.4, -0.2) is 19.8 Å². The van der Waals surface area contributed by atoms with Crippen LogP contribution in [0, 0.1) is 6.08 Å². The van der Waals surface area contributed by atoms with Crippen LogP contribution in [0.2, 0.25) is 0 Å². The summed E-state index contributed by atoms with van der Waals surface area (Å²) in [6.45, 7) is 4.71. The van der Waals surface area contributed by atoms with Gasteiger partial charge in [0.2, 0.25) is 0 Å². The molecule has 0 spiro atoms. The van der Waals surface area contributed by atoms with Crippen LogP contribution in [0.4, 0.5) is 0 Å². The molecule has 0 aromatic rings. The van der Waals surface area contributed by atoms with E-state index in [1.54, 1.807) is 20.8 Å². The summed E-state index contributed by atoms with van der Waals surface area (Å²) in [7, 11) is 0. The molecule has 4 heteroatoms. The Hall–Kier alpha value is 0.0743. The number of allylic oxidation sites excluding steroid dienone is 4. The Bertz CT molecular complexity index is 99.6. The molecule has 0 bridgehead atoms. The van der Waals surface area contributed by atoms with Gasteiger partial charge in [-0.05, 0) is 0 Å². The smallest absolute Gasteiger partial charge is 0.855 e. The average Bonchev–Trinajstić information content (AvgIpc) is 2.63. The molecule has 0 atom stereocenters. The van der Waals surface area contributed by atoms with Gasteiger partial charge in [0, 0.05) is 0 Å². The minimum atomic E-state index is 0. The quantitative estimate of drug-likeness (QED) is 0.424. The van der Waals surface area contributed by atoms with E-state index >= 15 is 0 Å². The van der Waals surface area contributed by atoms with Gasteiger partial charge in [0.15, 0.2) is 0 Å². The molecule has 0 saturated carbocycles. The zero-order chi connectivity index (χ0) is 11.7. The van der Waals surface area contributed by atoms with Crippen molar-refractivity contribution in [1.29, 1.82) is 0 Å². The van der Waals surface area contributed by atoms with Gasteiger partial charge in [-0.1, -0.05) is 20.8 Å². The van der Waals surface area contributed by atoms with Crippen LogP contribution in [0.1, 0.15) is 27.2 Å². The standard InChI is InChI=1S/C5H5.3C2H5O.Ti/c1-2-4-5-3-1;3*1-2-3;/h1-3H,4H2;3*2H2,1H3;/q4*-1;+4. The second-order valence-electron chi connectivity index (χ2n) is 1.87. The maximum absolute atomic E-state index is 8.93. The molecule has 15 heavy (non-hydrogen) atoms. The van der Waals surface area contributed by atoms with Crippen molar-refractivity contribution >= 4 is 0 Å². The van der Waals surface area contributed by atoms with Crippen LogP contribution in [0.5, 0.6) is 0 Å². The first-order valence-electron chi connectivity index (χ1n) is 4.70. The van der Waals surface area contributed by atoms with Gasteiger partial charge in [0.25, 0.3) is 0 Å². The van der Waals surface area contributed by atoms with Crippen molar-refractivity contribution in [3.8, 4) is 0 Å². The van der Waals surface area contributed by atoms with Gasteiger partial charge >= 0.3 is 21.7 Å². The van der Waals surface area contributed by atoms with E-state index in [2.05, 4.69) is 12.2 Å². The Kier molecular flexibility index (Phi) is 59.9. The molecule has 0 saturated heterocycles. The van der Waals surface area contributed by atoms with Crippen molar-refractivity contribution < 1.29 is 37.0 Å². The molecule has 1 aliphatic carbocycles. The predicted octanol–water partition coefficient (Wildman–Crippen LogP) is -0.597. The zero-order valence-electron chi connectivity index (χ0n) is 9.79. The van der Waals surface area contributed by atoms with Gasteiger partial charge < -0.3 is 15.3 Å². The van der Waals surface area contributed by atoms with Crippen molar-refractivity contribution in [3.05, 3.63) is 24.3 Å². The minimum Gasteiger partial charge on any atom is -0.855 e. The summed E-state index contributed by atoms with van der Waals surface area (Å²) in [5.41, 5.74) is 0. The van der Waals surface area contributed by atoms with Crippen molar-refractivity contribution in [2.24, 2.45) is 0 Å². The summed E-state index contributed by atoms with van der Waals surface area (Å²) in [5, 5.41) is 26.8. The number of hydrogen-bond acceptors (Lipinski definition) is 3. The Labute approximate surface area is 108 Å². The number of rotatable bonds is 0. The van der Waals surface area contributed by atoms with Gasteiger partial charge in [-0.3, -0.25) is 6.08 Å². The monoisotopic (exact) mass is 248 g/mol. The summed E-state index contributed by atoms with van der Waals surface area (Å²) in [6.07, 6.45) is 10.0. The van der Waals surface area contributed by atoms with E-state index in [0.29, 0.717) is 0 Å². The van der Waals surface area contributed by atoms with Crippen molar-refractivity contribution in [1.82, 2.24) is 0 Å². The molecule has 0 aromatic heterocycles. The average molecular weight is 248 g/mol. The van der Waals surface area contributed by atoms with Crippen molar-refractivity contribution in [2.45, 2.75) is 27.2 Å². The van der Waals surface area contributed by atoms with Crippen LogP contribution >= 0.6 is 0 Å². The van der Waals surface area contributed by atoms with Crippen LogP contribution in [0.15, 0.2) is 18.2 Å². The second-order valence-corrected chi connectivity index (χ2v) is 1.87. The Balaban J connectivity index is -0.0000000550. The van der Waals surface area contributed by atoms with E-state index in [9.17, 15) is 0 Å². The maximum atomic E-state index is 8.93. The molecule has 0 aliphatic heterocycles. The fourth-order valence-corrected chi connectivity index (χ4v) is 0.340. The Morgan fingerprint density at radius 3 is 1.40 bits per heavy atom. The van der Waals surface area contributed by atoms with E-state index in [4.69, 9.17) is 15.3 Å². The van der Waals surface area contributed by atoms with E-state index in [0.717, 1.165) is 6.42 Å². The fraction of sp³-hybridized carbons (Fsp3) is 0.636. The molecule has 0 heterocycles. The predicted molar refractivity (Wildman–Crippen MR) is 53.2 cm³/mol. The largest absolute Gasteiger partial charge is 4.00 e. The molecule has 0 aromatic carbocycles. The molecule has 0 fully saturated rings. The van der Waals surface area contributed by atoms with E-state index in [1.165, 1.54) is 0 Å². The van der Waals surface area contributed by atoms with Gasteiger partial charge in [-0.25, -0.2) is 12.2 Å². The van der Waals surface area contributed by atoms with Gasteiger partial charge in [-0.2, -0.15) is 6.08 Å². The molecule has 1 aliphatic rings. The zero-order valence-corrected chi connectivity index (χ0v) is 11.3. The summed E-state index contributed by atoms with van der Waals surface area (Å²) < 4.78 is 0. The SMILES string of the molecule is CC[O-].CC[O-].CC[O-].[C-]1=CC=CC1.[Ti+4]. The third-order valence-corrected chi connectivity index (χ3v) is 0.586. The molecular formula is C11H20O3Ti. The normalized spacial score (nSPS) is 9.47. The Morgan fingerprint density at radius 1 is 1.00 bits per heavy atom. The topological polar surface area (TPSA) is 69.2 Å². The van der Waals surface area contributed by atoms with Crippen LogP contribution in [0.3, 0.4) is 0 Å². The minimum absolute atomic E-state index is 0. The summed E-state index contributed by atoms with van der Waals surface area (Å²) in [4.78, 5) is 0. The molecule has 0 radical (unpaired) electrons. The summed E-state index contributed by atoms with van der Waals surface area (Å²) in [5.74, 6) is 0. The third kappa shape index (κ3) is 79.7. The third-order valence-electron chi connectivity index (χ3n) is 0.586. The molecule has 3 nitrogen and oxygen atoms in total. The van der Waals surface area contributed by atoms with Crippen LogP contribution in [-0.2, 0) is 21.7 Å². The van der Waals surface area contributed by atoms with Crippen molar-refractivity contribution in [3.63, 3.8) is 0 Å². The first-order chi connectivity index (χ1) is 6.74. The maximum Gasteiger partial charge on any atom is 4.00 e. The first-order valence-corrected chi connectivity index (χ1v) is 4.70. The van der Waals surface area contributed by atoms with E-state index < -0.39 is 0 Å². The van der Waals surface area contributed by atoms with Crippen LogP contribution < -0.4 is 15.3 Å². The molecular weight excluding hydrogens is 228 g/mol. The number of hydrogen-bond donors (Lipinski definition) is 0. The molecule has 0 N–H and O–H groups in total. The first kappa shape index (κ1) is 24.3. The Morgan fingerprint density at radius 2 is 1.33 bits per heavy atom. The molecule has 0 amide bonds. The second kappa shape index (κ2) is 36.9. The summed E-state index contributed by atoms with van der Waals surface area (Å²) >= 11 is 0. The van der Waals surface area contributed by atoms with Crippen molar-refractivity contribution in [2.75, 3.05) is 19.8 Å². The summed E-state index contributed by atoms with van der Waals surface area (Å²) in [6, 6.07) is 0. The van der Waals surface area contributed by atoms with Gasteiger partial charge in [-0.15, -0.1) is 26.2 Å². The fourth-order valence-electron chi connectivity index (χ4n) is 0.340. The van der Waals surface area contributed by atoms with E-state index in [1.807, 2.05) is 12.2 Å². The molecule has 1 rings (SSSR count). The van der Waals surface area contributed by atoms with Crippen LogP contribution in [0.25, 0.3) is 0 Å². The van der Waals surface area contributed by atoms with Gasteiger partial charge in [0.05, 0.1) is 0 Å². The van der Waals surface area contributed by atoms with Gasteiger partial charge in [0.1, 0.15) is 0 Å². The molecule has 86 valence electrons. The van der Waals surface area contributed by atoms with E-state index in [-0.39, 0.29) is 41.5 Å².